The van der Waals surface area contributed by atoms with Crippen LogP contribution >= 0.6 is 7.82 Å². The summed E-state index contributed by atoms with van der Waals surface area (Å²) in [5.41, 5.74) is 5.39. The van der Waals surface area contributed by atoms with Crippen LogP contribution in [0.25, 0.3) is 0 Å². The van der Waals surface area contributed by atoms with Gasteiger partial charge in [-0.3, -0.25) is 13.8 Å². The first-order chi connectivity index (χ1) is 27.9. The summed E-state index contributed by atoms with van der Waals surface area (Å²) in [4.78, 5) is 22.8. The number of aliphatic hydroxyl groups excluding tert-OH is 1. The number of allylic oxidation sites excluding steroid dienone is 8. The number of hydrogen-bond acceptors (Lipinski definition) is 6. The number of unbranched alkanes of at least 4 members (excludes halogenated alkanes) is 24. The quantitative estimate of drug-likeness (QED) is 0.0273. The molecule has 0 aliphatic heterocycles. The van der Waals surface area contributed by atoms with E-state index in [1.54, 1.807) is 0 Å². The predicted octanol–water partition coefficient (Wildman–Crippen LogP) is 13.7. The van der Waals surface area contributed by atoms with E-state index in [4.69, 9.17) is 14.8 Å². The summed E-state index contributed by atoms with van der Waals surface area (Å²) in [6, 6.07) is -0.789. The third kappa shape index (κ3) is 42.4. The van der Waals surface area contributed by atoms with Gasteiger partial charge >= 0.3 is 7.82 Å². The number of nitrogens with one attached hydrogen (secondary N) is 1. The minimum absolute atomic E-state index is 0.0830. The molecule has 0 aliphatic rings. The van der Waals surface area contributed by atoms with Crippen LogP contribution in [0.5, 0.6) is 0 Å². The topological polar surface area (TPSA) is 131 Å². The molecule has 8 nitrogen and oxygen atoms in total. The summed E-state index contributed by atoms with van der Waals surface area (Å²) < 4.78 is 22.2. The molecule has 0 spiro atoms. The molecule has 5 N–H and O–H groups in total. The lowest BCUT2D eigenvalue weighted by Crippen LogP contribution is -2.46. The molecule has 57 heavy (non-hydrogen) atoms. The van der Waals surface area contributed by atoms with E-state index in [0.717, 1.165) is 77.0 Å². The van der Waals surface area contributed by atoms with Gasteiger partial charge in [0.15, 0.2) is 0 Å². The molecule has 0 saturated heterocycles. The first-order valence-electron chi connectivity index (χ1n) is 23.8. The number of hydrogen-bond donors (Lipinski definition) is 4. The Hall–Kier alpha value is -1.54. The zero-order chi connectivity index (χ0) is 41.8. The molecule has 0 bridgehead atoms. The van der Waals surface area contributed by atoms with Crippen LogP contribution < -0.4 is 11.1 Å². The second-order valence-corrected chi connectivity index (χ2v) is 17.4. The lowest BCUT2D eigenvalue weighted by molar-refractivity contribution is -0.123. The van der Waals surface area contributed by atoms with Gasteiger partial charge in [0.25, 0.3) is 0 Å². The SMILES string of the molecule is CC/C=C\C/C=C\C/C=C\C/C=C\CCCCCCC(=O)NC(COP(=O)(O)OCCN)C(O)CCCCCCCCCCCCCCCCCCCCCCC. The van der Waals surface area contributed by atoms with E-state index in [2.05, 4.69) is 67.8 Å². The summed E-state index contributed by atoms with van der Waals surface area (Å²) in [5, 5.41) is 13.8. The maximum absolute atomic E-state index is 12.8. The van der Waals surface area contributed by atoms with Crippen molar-refractivity contribution < 1.29 is 28.4 Å². The van der Waals surface area contributed by atoms with Crippen molar-refractivity contribution in [2.75, 3.05) is 19.8 Å². The molecule has 9 heteroatoms. The number of aliphatic hydroxyl groups is 1. The molecule has 0 radical (unpaired) electrons. The zero-order valence-electron chi connectivity index (χ0n) is 37.1. The fraction of sp³-hybridized carbons (Fsp3) is 0.812. The normalized spacial score (nSPS) is 14.4. The van der Waals surface area contributed by atoms with Crippen molar-refractivity contribution in [3.8, 4) is 0 Å². The highest BCUT2D eigenvalue weighted by Crippen LogP contribution is 2.43. The highest BCUT2D eigenvalue weighted by atomic mass is 31.2. The number of carbonyl (C=O) groups is 1. The molecular formula is C48H91N2O6P. The molecule has 0 saturated carbocycles. The van der Waals surface area contributed by atoms with Crippen LogP contribution in [0.1, 0.15) is 219 Å². The average molecular weight is 823 g/mol. The maximum Gasteiger partial charge on any atom is 0.472 e. The second kappa shape index (κ2) is 44.0. The van der Waals surface area contributed by atoms with Crippen LogP contribution in [-0.2, 0) is 18.4 Å². The summed E-state index contributed by atoms with van der Waals surface area (Å²) in [6.07, 6.45) is 54.1. The smallest absolute Gasteiger partial charge is 0.391 e. The zero-order valence-corrected chi connectivity index (χ0v) is 38.0. The summed E-state index contributed by atoms with van der Waals surface area (Å²) in [6.45, 7) is 4.09. The fourth-order valence-electron chi connectivity index (χ4n) is 6.89. The largest absolute Gasteiger partial charge is 0.472 e. The molecule has 0 aliphatic carbocycles. The van der Waals surface area contributed by atoms with Crippen molar-refractivity contribution in [1.29, 1.82) is 0 Å². The highest BCUT2D eigenvalue weighted by Gasteiger charge is 2.27. The van der Waals surface area contributed by atoms with Crippen LogP contribution in [-0.4, -0.2) is 47.8 Å². The van der Waals surface area contributed by atoms with Crippen molar-refractivity contribution in [2.24, 2.45) is 5.73 Å². The molecule has 0 heterocycles. The van der Waals surface area contributed by atoms with Crippen molar-refractivity contribution in [3.63, 3.8) is 0 Å². The van der Waals surface area contributed by atoms with Gasteiger partial charge in [-0.15, -0.1) is 0 Å². The molecule has 0 aromatic rings. The van der Waals surface area contributed by atoms with Gasteiger partial charge < -0.3 is 21.1 Å². The molecule has 3 unspecified atom stereocenters. The minimum Gasteiger partial charge on any atom is -0.391 e. The molecule has 3 atom stereocenters. The van der Waals surface area contributed by atoms with E-state index >= 15 is 0 Å². The third-order valence-electron chi connectivity index (χ3n) is 10.4. The van der Waals surface area contributed by atoms with Crippen LogP contribution in [0, 0.1) is 0 Å². The van der Waals surface area contributed by atoms with Crippen molar-refractivity contribution >= 4 is 13.7 Å². The Morgan fingerprint density at radius 3 is 1.49 bits per heavy atom. The van der Waals surface area contributed by atoms with Crippen molar-refractivity contribution in [3.05, 3.63) is 48.6 Å². The van der Waals surface area contributed by atoms with Gasteiger partial charge in [-0.1, -0.05) is 210 Å². The molecule has 0 rings (SSSR count). The minimum atomic E-state index is -4.33. The highest BCUT2D eigenvalue weighted by molar-refractivity contribution is 7.47. The Labute approximate surface area is 352 Å². The molecule has 334 valence electrons. The second-order valence-electron chi connectivity index (χ2n) is 15.9. The Morgan fingerprint density at radius 2 is 1.02 bits per heavy atom. The third-order valence-corrected chi connectivity index (χ3v) is 11.4. The number of phosphoric acid groups is 1. The predicted molar refractivity (Wildman–Crippen MR) is 244 cm³/mol. The van der Waals surface area contributed by atoms with Gasteiger partial charge in [0.2, 0.25) is 5.91 Å². The van der Waals surface area contributed by atoms with Crippen molar-refractivity contribution in [2.45, 2.75) is 231 Å². The Kier molecular flexibility index (Phi) is 42.8. The fourth-order valence-corrected chi connectivity index (χ4v) is 7.65. The lowest BCUT2D eigenvalue weighted by Gasteiger charge is -2.25. The van der Waals surface area contributed by atoms with Gasteiger partial charge in [0.05, 0.1) is 25.4 Å². The summed E-state index contributed by atoms with van der Waals surface area (Å²) in [5.74, 6) is -0.184. The van der Waals surface area contributed by atoms with Crippen LogP contribution in [0.15, 0.2) is 48.6 Å². The van der Waals surface area contributed by atoms with Crippen LogP contribution in [0.3, 0.4) is 0 Å². The van der Waals surface area contributed by atoms with E-state index in [1.165, 1.54) is 116 Å². The van der Waals surface area contributed by atoms with E-state index < -0.39 is 20.0 Å². The van der Waals surface area contributed by atoms with Crippen molar-refractivity contribution in [1.82, 2.24) is 5.32 Å². The van der Waals surface area contributed by atoms with Gasteiger partial charge in [-0.25, -0.2) is 4.57 Å². The van der Waals surface area contributed by atoms with E-state index in [1.807, 2.05) is 0 Å². The standard InChI is InChI=1S/C48H91N2O6P/c1-3-5-7-9-11-13-15-17-19-21-22-23-24-26-27-29-31-33-35-37-39-41-47(51)46(45-56-57(53,54)55-44-43-49)50-48(52)42-40-38-36-34-32-30-28-25-20-18-16-14-12-10-8-6-4-2/h6,8,12,14,18,20,28,30,46-47,51H,3-5,7,9-11,13,15-17,19,21-27,29,31-45,49H2,1-2H3,(H,50,52)(H,53,54)/b8-6-,14-12-,20-18-,30-28-. The number of carbonyl (C=O) groups excluding carboxylic acids is 1. The molecule has 0 aromatic carbocycles. The molecular weight excluding hydrogens is 732 g/mol. The Bertz CT molecular complexity index is 1030. The van der Waals surface area contributed by atoms with Crippen LogP contribution in [0.4, 0.5) is 0 Å². The first kappa shape index (κ1) is 55.5. The molecule has 1 amide bonds. The molecule has 0 fully saturated rings. The van der Waals surface area contributed by atoms with Gasteiger partial charge in [0.1, 0.15) is 0 Å². The van der Waals surface area contributed by atoms with Gasteiger partial charge in [-0.05, 0) is 51.4 Å². The Balaban J connectivity index is 4.13. The summed E-state index contributed by atoms with van der Waals surface area (Å²) in [7, 11) is -4.33. The van der Waals surface area contributed by atoms with Crippen LogP contribution in [0.2, 0.25) is 0 Å². The van der Waals surface area contributed by atoms with E-state index in [9.17, 15) is 19.4 Å². The number of nitrogens with two attached hydrogens (primary N) is 1. The number of amides is 1. The summed E-state index contributed by atoms with van der Waals surface area (Å²) >= 11 is 0. The first-order valence-corrected chi connectivity index (χ1v) is 25.2. The lowest BCUT2D eigenvalue weighted by atomic mass is 10.0. The Morgan fingerprint density at radius 1 is 0.596 bits per heavy atom. The maximum atomic E-state index is 12.8. The number of rotatable bonds is 44. The van der Waals surface area contributed by atoms with E-state index in [0.29, 0.717) is 12.8 Å². The average Bonchev–Trinajstić information content (AvgIpc) is 3.20. The van der Waals surface area contributed by atoms with Gasteiger partial charge in [-0.2, -0.15) is 0 Å². The monoisotopic (exact) mass is 823 g/mol. The number of phosphoric ester groups is 1. The molecule has 0 aromatic heterocycles. The van der Waals surface area contributed by atoms with E-state index in [-0.39, 0.29) is 25.7 Å². The van der Waals surface area contributed by atoms with Gasteiger partial charge in [0, 0.05) is 13.0 Å².